The van der Waals surface area contributed by atoms with E-state index < -0.39 is 12.5 Å². The van der Waals surface area contributed by atoms with Crippen molar-refractivity contribution in [1.82, 2.24) is 9.80 Å². The average Bonchev–Trinajstić information content (AvgIpc) is 2.90. The Bertz CT molecular complexity index is 652. The molecule has 142 valence electrons. The number of aliphatic hydroxyl groups excluding tert-OH is 2. The summed E-state index contributed by atoms with van der Waals surface area (Å²) in [4.78, 5) is 15.0. The molecule has 3 rings (SSSR count). The Morgan fingerprint density at radius 1 is 1.23 bits per heavy atom. The van der Waals surface area contributed by atoms with Crippen LogP contribution in [0.2, 0.25) is 0 Å². The van der Waals surface area contributed by atoms with Gasteiger partial charge in [0, 0.05) is 45.5 Å². The predicted molar refractivity (Wildman–Crippen MR) is 95.4 cm³/mol. The van der Waals surface area contributed by atoms with Crippen LogP contribution in [0.3, 0.4) is 0 Å². The molecule has 2 atom stereocenters. The molecule has 1 amide bonds. The Balaban J connectivity index is 1.61. The fraction of sp³-hybridized carbons (Fsp3) is 0.526. The summed E-state index contributed by atoms with van der Waals surface area (Å²) in [6.07, 6.45) is 1.50. The van der Waals surface area contributed by atoms with Gasteiger partial charge in [-0.25, -0.2) is 4.90 Å². The van der Waals surface area contributed by atoms with E-state index in [2.05, 4.69) is 0 Å². The first-order valence-electron chi connectivity index (χ1n) is 8.86. The Kier molecular flexibility index (Phi) is 5.93. The van der Waals surface area contributed by atoms with Crippen LogP contribution in [0.5, 0.6) is 5.75 Å². The first-order valence-corrected chi connectivity index (χ1v) is 8.86. The van der Waals surface area contributed by atoms with Gasteiger partial charge in [0.1, 0.15) is 17.7 Å². The summed E-state index contributed by atoms with van der Waals surface area (Å²) in [5, 5.41) is 20.8. The summed E-state index contributed by atoms with van der Waals surface area (Å²) >= 11 is 0. The summed E-state index contributed by atoms with van der Waals surface area (Å²) in [5.41, 5.74) is 0.560. The van der Waals surface area contributed by atoms with Gasteiger partial charge in [0.15, 0.2) is 6.23 Å². The normalized spacial score (nSPS) is 24.4. The van der Waals surface area contributed by atoms with Crippen molar-refractivity contribution in [2.24, 2.45) is 5.92 Å². The summed E-state index contributed by atoms with van der Waals surface area (Å²) in [6, 6.07) is 6.71. The van der Waals surface area contributed by atoms with Crippen LogP contribution in [0.4, 0.5) is 0 Å². The van der Waals surface area contributed by atoms with Crippen LogP contribution in [-0.4, -0.2) is 72.2 Å². The summed E-state index contributed by atoms with van der Waals surface area (Å²) in [5.74, 6) is 1.11. The molecule has 0 spiro atoms. The molecule has 7 heteroatoms. The zero-order chi connectivity index (χ0) is 18.7. The van der Waals surface area contributed by atoms with Crippen LogP contribution in [0.1, 0.15) is 23.2 Å². The molecule has 26 heavy (non-hydrogen) atoms. The third kappa shape index (κ3) is 4.24. The number of hydrogen-bond donors (Lipinski definition) is 2. The lowest BCUT2D eigenvalue weighted by Crippen LogP contribution is -2.42. The molecule has 0 saturated carbocycles. The van der Waals surface area contributed by atoms with Crippen molar-refractivity contribution in [3.05, 3.63) is 41.7 Å². The van der Waals surface area contributed by atoms with Gasteiger partial charge in [-0.3, -0.25) is 4.79 Å². The maximum absolute atomic E-state index is 11.9. The van der Waals surface area contributed by atoms with Gasteiger partial charge in [0.05, 0.1) is 0 Å². The van der Waals surface area contributed by atoms with Gasteiger partial charge in [0.2, 0.25) is 0 Å². The van der Waals surface area contributed by atoms with Crippen LogP contribution in [0.25, 0.3) is 0 Å². The molecule has 1 aromatic rings. The molecule has 7 nitrogen and oxygen atoms in total. The number of benzene rings is 1. The highest BCUT2D eigenvalue weighted by atomic mass is 16.5. The second-order valence-electron chi connectivity index (χ2n) is 6.93. The van der Waals surface area contributed by atoms with Crippen LogP contribution < -0.4 is 4.74 Å². The SMILES string of the molecule is CN(C)C(=O)c1ccc(OC2=CC(O)N(CC3CCOCC3)C2O)cc1. The van der Waals surface area contributed by atoms with Gasteiger partial charge in [-0.05, 0) is 43.0 Å². The number of aliphatic hydroxyl groups is 2. The second kappa shape index (κ2) is 8.18. The molecule has 2 unspecified atom stereocenters. The fourth-order valence-corrected chi connectivity index (χ4v) is 3.22. The molecular formula is C19H26N2O5. The molecule has 2 aliphatic rings. The van der Waals surface area contributed by atoms with Gasteiger partial charge >= 0.3 is 0 Å². The molecular weight excluding hydrogens is 336 g/mol. The topological polar surface area (TPSA) is 82.5 Å². The van der Waals surface area contributed by atoms with Gasteiger partial charge < -0.3 is 24.6 Å². The highest BCUT2D eigenvalue weighted by Crippen LogP contribution is 2.27. The van der Waals surface area contributed by atoms with E-state index >= 15 is 0 Å². The number of ether oxygens (including phenoxy) is 2. The number of rotatable bonds is 5. The van der Waals surface area contributed by atoms with Gasteiger partial charge in [-0.2, -0.15) is 0 Å². The lowest BCUT2D eigenvalue weighted by molar-refractivity contribution is -0.0691. The quantitative estimate of drug-likeness (QED) is 0.814. The zero-order valence-electron chi connectivity index (χ0n) is 15.2. The zero-order valence-corrected chi connectivity index (χ0v) is 15.2. The minimum atomic E-state index is -0.990. The van der Waals surface area contributed by atoms with Crippen LogP contribution >= 0.6 is 0 Å². The van der Waals surface area contributed by atoms with Crippen LogP contribution in [0.15, 0.2) is 36.1 Å². The van der Waals surface area contributed by atoms with E-state index in [1.54, 1.807) is 43.3 Å². The molecule has 0 aliphatic carbocycles. The molecule has 2 heterocycles. The molecule has 1 fully saturated rings. The summed E-state index contributed by atoms with van der Waals surface area (Å²) in [6.45, 7) is 2.03. The highest BCUT2D eigenvalue weighted by molar-refractivity contribution is 5.93. The van der Waals surface area contributed by atoms with Gasteiger partial charge in [-0.15, -0.1) is 0 Å². The molecule has 2 N–H and O–H groups in total. The predicted octanol–water partition coefficient (Wildman–Crippen LogP) is 1.03. The molecule has 1 saturated heterocycles. The lowest BCUT2D eigenvalue weighted by Gasteiger charge is -2.31. The van der Waals surface area contributed by atoms with Crippen molar-refractivity contribution in [2.75, 3.05) is 33.9 Å². The molecule has 1 aromatic carbocycles. The van der Waals surface area contributed by atoms with E-state index in [9.17, 15) is 15.0 Å². The number of carbonyl (C=O) groups is 1. The monoisotopic (exact) mass is 362 g/mol. The molecule has 0 bridgehead atoms. The number of hydrogen-bond acceptors (Lipinski definition) is 6. The summed E-state index contributed by atoms with van der Waals surface area (Å²) in [7, 11) is 3.39. The van der Waals surface area contributed by atoms with Crippen molar-refractivity contribution in [3.63, 3.8) is 0 Å². The van der Waals surface area contributed by atoms with E-state index in [4.69, 9.17) is 9.47 Å². The second-order valence-corrected chi connectivity index (χ2v) is 6.93. The third-order valence-corrected chi connectivity index (χ3v) is 4.77. The fourth-order valence-electron chi connectivity index (χ4n) is 3.22. The summed E-state index contributed by atoms with van der Waals surface area (Å²) < 4.78 is 11.1. The minimum Gasteiger partial charge on any atom is -0.458 e. The number of carbonyl (C=O) groups excluding carboxylic acids is 1. The third-order valence-electron chi connectivity index (χ3n) is 4.77. The van der Waals surface area contributed by atoms with E-state index in [1.807, 2.05) is 0 Å². The van der Waals surface area contributed by atoms with Crippen molar-refractivity contribution < 1.29 is 24.5 Å². The Labute approximate surface area is 153 Å². The first-order chi connectivity index (χ1) is 12.5. The van der Waals surface area contributed by atoms with Crippen molar-refractivity contribution in [1.29, 1.82) is 0 Å². The maximum atomic E-state index is 11.9. The van der Waals surface area contributed by atoms with Crippen molar-refractivity contribution >= 4 is 5.91 Å². The minimum absolute atomic E-state index is 0.0882. The molecule has 0 aromatic heterocycles. The van der Waals surface area contributed by atoms with Gasteiger partial charge in [-0.1, -0.05) is 0 Å². The van der Waals surface area contributed by atoms with E-state index in [1.165, 1.54) is 11.0 Å². The van der Waals surface area contributed by atoms with Crippen molar-refractivity contribution in [3.8, 4) is 5.75 Å². The maximum Gasteiger partial charge on any atom is 0.253 e. The van der Waals surface area contributed by atoms with Crippen molar-refractivity contribution in [2.45, 2.75) is 25.3 Å². The van der Waals surface area contributed by atoms with E-state index in [0.29, 0.717) is 29.5 Å². The highest BCUT2D eigenvalue weighted by Gasteiger charge is 2.35. The van der Waals surface area contributed by atoms with E-state index in [-0.39, 0.29) is 5.91 Å². The molecule has 0 radical (unpaired) electrons. The average molecular weight is 362 g/mol. The van der Waals surface area contributed by atoms with Gasteiger partial charge in [0.25, 0.3) is 5.91 Å². The van der Waals surface area contributed by atoms with E-state index in [0.717, 1.165) is 26.1 Å². The Morgan fingerprint density at radius 3 is 2.50 bits per heavy atom. The largest absolute Gasteiger partial charge is 0.458 e. The standard InChI is InChI=1S/C19H26N2O5/c1-20(2)18(23)14-3-5-15(6-4-14)26-16-11-17(22)21(19(16)24)12-13-7-9-25-10-8-13/h3-6,11,13,17,19,22,24H,7-10,12H2,1-2H3. The smallest absolute Gasteiger partial charge is 0.253 e. The lowest BCUT2D eigenvalue weighted by atomic mass is 10.00. The van der Waals surface area contributed by atoms with Crippen LogP contribution in [-0.2, 0) is 4.74 Å². The number of nitrogens with zero attached hydrogens (tertiary/aromatic N) is 2. The number of amides is 1. The first kappa shape index (κ1) is 18.8. The Hall–Kier alpha value is -1.93. The molecule has 2 aliphatic heterocycles. The Morgan fingerprint density at radius 2 is 1.88 bits per heavy atom. The van der Waals surface area contributed by atoms with Crippen LogP contribution in [0, 0.1) is 5.92 Å².